The number of aliphatic hydroxyl groups is 2. The van der Waals surface area contributed by atoms with Crippen LogP contribution in [0.5, 0.6) is 0 Å². The van der Waals surface area contributed by atoms with Crippen molar-refractivity contribution < 1.29 is 10.2 Å². The molecule has 0 aliphatic heterocycles. The molecular weight excluding hydrogens is 320 g/mol. The van der Waals surface area contributed by atoms with Crippen LogP contribution in [-0.2, 0) is 0 Å². The van der Waals surface area contributed by atoms with Gasteiger partial charge in [0.1, 0.15) is 6.10 Å². The predicted molar refractivity (Wildman–Crippen MR) is 108 cm³/mol. The SMILES string of the molecule is C=C=C(C#CCC(O)/C=C/c1ccccc1)C(O)/C=C/c1ccccc1. The van der Waals surface area contributed by atoms with Gasteiger partial charge in [0.25, 0.3) is 0 Å². The Morgan fingerprint density at radius 2 is 1.42 bits per heavy atom. The fourth-order valence-electron chi connectivity index (χ4n) is 2.19. The van der Waals surface area contributed by atoms with E-state index in [2.05, 4.69) is 24.2 Å². The van der Waals surface area contributed by atoms with Gasteiger partial charge in [0.2, 0.25) is 0 Å². The molecule has 2 N–H and O–H groups in total. The smallest absolute Gasteiger partial charge is 0.112 e. The second-order valence-corrected chi connectivity index (χ2v) is 5.65. The van der Waals surface area contributed by atoms with Gasteiger partial charge in [-0.25, -0.2) is 0 Å². The quantitative estimate of drug-likeness (QED) is 0.609. The normalized spacial score (nSPS) is 13.0. The molecule has 2 heteroatoms. The van der Waals surface area contributed by atoms with Crippen molar-refractivity contribution in [2.75, 3.05) is 0 Å². The van der Waals surface area contributed by atoms with E-state index in [9.17, 15) is 10.2 Å². The summed E-state index contributed by atoms with van der Waals surface area (Å²) in [5.41, 5.74) is 5.06. The molecule has 0 saturated heterocycles. The van der Waals surface area contributed by atoms with Gasteiger partial charge in [-0.3, -0.25) is 0 Å². The Morgan fingerprint density at radius 1 is 0.885 bits per heavy atom. The lowest BCUT2D eigenvalue weighted by Crippen LogP contribution is -2.04. The molecule has 2 atom stereocenters. The van der Waals surface area contributed by atoms with Crippen molar-refractivity contribution in [3.8, 4) is 11.8 Å². The minimum absolute atomic E-state index is 0.267. The molecule has 0 aliphatic rings. The van der Waals surface area contributed by atoms with Crippen molar-refractivity contribution in [1.29, 1.82) is 0 Å². The molecule has 2 aromatic carbocycles. The van der Waals surface area contributed by atoms with E-state index in [1.165, 1.54) is 0 Å². The van der Waals surface area contributed by atoms with E-state index in [0.717, 1.165) is 11.1 Å². The van der Waals surface area contributed by atoms with Crippen LogP contribution in [0.1, 0.15) is 17.5 Å². The van der Waals surface area contributed by atoms with Crippen LogP contribution in [-0.4, -0.2) is 22.4 Å². The third-order valence-corrected chi connectivity index (χ3v) is 3.60. The zero-order chi connectivity index (χ0) is 18.6. The number of aliphatic hydroxyl groups excluding tert-OH is 2. The van der Waals surface area contributed by atoms with Crippen molar-refractivity contribution in [3.63, 3.8) is 0 Å². The molecule has 0 amide bonds. The molecule has 2 rings (SSSR count). The topological polar surface area (TPSA) is 40.5 Å². The van der Waals surface area contributed by atoms with Gasteiger partial charge in [0, 0.05) is 6.42 Å². The molecule has 2 nitrogen and oxygen atoms in total. The summed E-state index contributed by atoms with van der Waals surface area (Å²) in [7, 11) is 0. The van der Waals surface area contributed by atoms with Gasteiger partial charge in [-0.05, 0) is 17.2 Å². The van der Waals surface area contributed by atoms with Crippen LogP contribution < -0.4 is 0 Å². The number of hydrogen-bond donors (Lipinski definition) is 2. The van der Waals surface area contributed by atoms with Gasteiger partial charge < -0.3 is 10.2 Å². The highest BCUT2D eigenvalue weighted by molar-refractivity contribution is 5.51. The van der Waals surface area contributed by atoms with Gasteiger partial charge in [0.15, 0.2) is 0 Å². The molecule has 0 radical (unpaired) electrons. The zero-order valence-electron chi connectivity index (χ0n) is 14.5. The van der Waals surface area contributed by atoms with E-state index in [1.54, 1.807) is 12.2 Å². The Balaban J connectivity index is 1.91. The monoisotopic (exact) mass is 342 g/mol. The third-order valence-electron chi connectivity index (χ3n) is 3.60. The maximum atomic E-state index is 10.2. The molecule has 2 aromatic rings. The van der Waals surface area contributed by atoms with Crippen LogP contribution in [0.4, 0.5) is 0 Å². The van der Waals surface area contributed by atoms with E-state index in [4.69, 9.17) is 0 Å². The van der Waals surface area contributed by atoms with E-state index >= 15 is 0 Å². The largest absolute Gasteiger partial charge is 0.388 e. The van der Waals surface area contributed by atoms with Gasteiger partial charge in [-0.15, -0.1) is 5.73 Å². The summed E-state index contributed by atoms with van der Waals surface area (Å²) in [6, 6.07) is 19.4. The molecule has 130 valence electrons. The first kappa shape index (κ1) is 19.2. The highest BCUT2D eigenvalue weighted by Gasteiger charge is 2.03. The van der Waals surface area contributed by atoms with Crippen molar-refractivity contribution in [3.05, 3.63) is 102 Å². The summed E-state index contributed by atoms with van der Waals surface area (Å²) in [6.07, 6.45) is 5.73. The van der Waals surface area contributed by atoms with E-state index < -0.39 is 12.2 Å². The average molecular weight is 342 g/mol. The van der Waals surface area contributed by atoms with Crippen LogP contribution >= 0.6 is 0 Å². The fourth-order valence-corrected chi connectivity index (χ4v) is 2.19. The number of rotatable bonds is 6. The fraction of sp³-hybridized carbons (Fsp3) is 0.125. The van der Waals surface area contributed by atoms with Crippen LogP contribution in [0.2, 0.25) is 0 Å². The second kappa shape index (κ2) is 10.7. The molecule has 0 bridgehead atoms. The first-order valence-electron chi connectivity index (χ1n) is 8.40. The molecule has 0 saturated carbocycles. The Hall–Kier alpha value is -3.08. The van der Waals surface area contributed by atoms with Gasteiger partial charge in [-0.2, -0.15) is 0 Å². The molecule has 0 aromatic heterocycles. The Labute approximate surface area is 155 Å². The Kier molecular flexibility index (Phi) is 7.93. The maximum absolute atomic E-state index is 10.2. The lowest BCUT2D eigenvalue weighted by Gasteiger charge is -2.03. The molecule has 0 fully saturated rings. The number of hydrogen-bond acceptors (Lipinski definition) is 2. The lowest BCUT2D eigenvalue weighted by atomic mass is 10.1. The second-order valence-electron chi connectivity index (χ2n) is 5.65. The summed E-state index contributed by atoms with van der Waals surface area (Å²) in [6.45, 7) is 3.58. The third kappa shape index (κ3) is 6.81. The molecule has 26 heavy (non-hydrogen) atoms. The minimum atomic E-state index is -0.878. The Bertz CT molecular complexity index is 845. The van der Waals surface area contributed by atoms with Crippen molar-refractivity contribution in [1.82, 2.24) is 0 Å². The first-order chi connectivity index (χ1) is 12.7. The average Bonchev–Trinajstić information content (AvgIpc) is 2.69. The molecule has 0 aliphatic carbocycles. The van der Waals surface area contributed by atoms with Crippen LogP contribution in [0.3, 0.4) is 0 Å². The van der Waals surface area contributed by atoms with Crippen LogP contribution in [0, 0.1) is 11.8 Å². The highest BCUT2D eigenvalue weighted by atomic mass is 16.3. The predicted octanol–water partition coefficient (Wildman–Crippen LogP) is 4.24. The minimum Gasteiger partial charge on any atom is -0.388 e. The number of benzene rings is 2. The summed E-state index contributed by atoms with van der Waals surface area (Å²) < 4.78 is 0. The molecule has 2 unspecified atom stereocenters. The van der Waals surface area contributed by atoms with Gasteiger partial charge in [0.05, 0.1) is 11.7 Å². The van der Waals surface area contributed by atoms with E-state index in [1.807, 2.05) is 72.8 Å². The Morgan fingerprint density at radius 3 is 1.96 bits per heavy atom. The van der Waals surface area contributed by atoms with Crippen LogP contribution in [0.25, 0.3) is 12.2 Å². The van der Waals surface area contributed by atoms with Gasteiger partial charge in [-0.1, -0.05) is 97.3 Å². The summed E-state index contributed by atoms with van der Waals surface area (Å²) >= 11 is 0. The van der Waals surface area contributed by atoms with E-state index in [0.29, 0.717) is 5.57 Å². The summed E-state index contributed by atoms with van der Waals surface area (Å²) in [5.74, 6) is 5.70. The first-order valence-corrected chi connectivity index (χ1v) is 8.40. The van der Waals surface area contributed by atoms with Crippen molar-refractivity contribution >= 4 is 12.2 Å². The molecular formula is C24H22O2. The van der Waals surface area contributed by atoms with Crippen molar-refractivity contribution in [2.24, 2.45) is 0 Å². The zero-order valence-corrected chi connectivity index (χ0v) is 14.5. The lowest BCUT2D eigenvalue weighted by molar-refractivity contribution is 0.230. The molecule has 0 heterocycles. The standard InChI is InChI=1S/C24H22O2/c1-2-22(24(26)19-17-21-12-7-4-8-13-21)14-9-15-23(25)18-16-20-10-5-3-6-11-20/h3-8,10-13,16-19,23-26H,1,15H2/b18-16+,19-17+. The van der Waals surface area contributed by atoms with E-state index in [-0.39, 0.29) is 6.42 Å². The summed E-state index contributed by atoms with van der Waals surface area (Å²) in [4.78, 5) is 0. The van der Waals surface area contributed by atoms with Crippen molar-refractivity contribution in [2.45, 2.75) is 18.6 Å². The van der Waals surface area contributed by atoms with Crippen LogP contribution in [0.15, 0.2) is 90.7 Å². The maximum Gasteiger partial charge on any atom is 0.112 e. The van der Waals surface area contributed by atoms with Gasteiger partial charge >= 0.3 is 0 Å². The highest BCUT2D eigenvalue weighted by Crippen LogP contribution is 2.07. The summed E-state index contributed by atoms with van der Waals surface area (Å²) in [5, 5.41) is 20.2. The molecule has 0 spiro atoms.